The number of anilines is 1. The second kappa shape index (κ2) is 11.1. The molecule has 0 fully saturated rings. The van der Waals surface area contributed by atoms with E-state index in [1.165, 1.54) is 0 Å². The van der Waals surface area contributed by atoms with Crippen LogP contribution in [-0.4, -0.2) is 50.4 Å². The third-order valence-electron chi connectivity index (χ3n) is 5.31. The molecular weight excluding hydrogens is 506 g/mol. The smallest absolute Gasteiger partial charge is 0.407 e. The number of alkyl carbamates (subject to hydrolysis) is 1. The standard InChI is InChI=1S/C27H30ClN7O3/c1-16-7-6-8-18(13-16)23-22(19-14-17(2)31-20(28)15-19)24-32-21(9-12-35(24)34-23)33-25(36)29-10-11-30-26(37)38-27(3,4)5/h6-9,12-15H,10-11H2,1-5H3,(H,30,37)(H2,29,32,33,36). The molecule has 0 radical (unpaired) electrons. The van der Waals surface area contributed by atoms with Crippen molar-refractivity contribution in [3.05, 3.63) is 65.1 Å². The first-order valence-electron chi connectivity index (χ1n) is 12.1. The lowest BCUT2D eigenvalue weighted by Crippen LogP contribution is -2.39. The molecule has 4 aromatic rings. The van der Waals surface area contributed by atoms with Crippen molar-refractivity contribution in [2.45, 2.75) is 40.2 Å². The van der Waals surface area contributed by atoms with Gasteiger partial charge in [-0.15, -0.1) is 0 Å². The van der Waals surface area contributed by atoms with Gasteiger partial charge in [0.1, 0.15) is 22.3 Å². The van der Waals surface area contributed by atoms with Gasteiger partial charge in [-0.1, -0.05) is 35.4 Å². The summed E-state index contributed by atoms with van der Waals surface area (Å²) >= 11 is 6.30. The van der Waals surface area contributed by atoms with Crippen LogP contribution in [-0.2, 0) is 4.74 Å². The minimum atomic E-state index is -0.592. The fourth-order valence-corrected chi connectivity index (χ4v) is 4.10. The molecule has 0 saturated carbocycles. The fourth-order valence-electron chi connectivity index (χ4n) is 3.85. The Labute approximate surface area is 225 Å². The van der Waals surface area contributed by atoms with Crippen LogP contribution in [0.3, 0.4) is 0 Å². The molecule has 10 nitrogen and oxygen atoms in total. The number of ether oxygens (including phenoxy) is 1. The van der Waals surface area contributed by atoms with Crippen molar-refractivity contribution in [3.63, 3.8) is 0 Å². The van der Waals surface area contributed by atoms with Crippen molar-refractivity contribution in [2.24, 2.45) is 0 Å². The third kappa shape index (κ3) is 6.77. The summed E-state index contributed by atoms with van der Waals surface area (Å²) in [7, 11) is 0. The maximum atomic E-state index is 12.5. The number of fused-ring (bicyclic) bond motifs is 1. The van der Waals surface area contributed by atoms with E-state index < -0.39 is 17.7 Å². The van der Waals surface area contributed by atoms with Gasteiger partial charge in [0.2, 0.25) is 0 Å². The number of carbonyl (C=O) groups is 2. The molecule has 3 N–H and O–H groups in total. The van der Waals surface area contributed by atoms with Gasteiger partial charge in [-0.25, -0.2) is 24.1 Å². The number of pyridine rings is 1. The van der Waals surface area contributed by atoms with Gasteiger partial charge in [0.05, 0.1) is 5.56 Å². The van der Waals surface area contributed by atoms with E-state index >= 15 is 0 Å². The highest BCUT2D eigenvalue weighted by molar-refractivity contribution is 6.29. The molecule has 198 valence electrons. The number of hydrogen-bond donors (Lipinski definition) is 3. The van der Waals surface area contributed by atoms with E-state index in [9.17, 15) is 9.59 Å². The van der Waals surface area contributed by atoms with Crippen LogP contribution in [0.25, 0.3) is 28.0 Å². The van der Waals surface area contributed by atoms with E-state index in [4.69, 9.17) is 26.4 Å². The van der Waals surface area contributed by atoms with E-state index in [1.54, 1.807) is 43.6 Å². The van der Waals surface area contributed by atoms with Crippen LogP contribution < -0.4 is 16.0 Å². The molecule has 0 unspecified atom stereocenters. The van der Waals surface area contributed by atoms with Gasteiger partial charge >= 0.3 is 12.1 Å². The summed E-state index contributed by atoms with van der Waals surface area (Å²) in [4.78, 5) is 33.2. The number of nitrogens with one attached hydrogen (secondary N) is 3. The minimum Gasteiger partial charge on any atom is -0.444 e. The Morgan fingerprint density at radius 3 is 2.47 bits per heavy atom. The molecule has 11 heteroatoms. The van der Waals surface area contributed by atoms with Gasteiger partial charge in [-0.2, -0.15) is 5.10 Å². The summed E-state index contributed by atoms with van der Waals surface area (Å²) in [5, 5.41) is 13.2. The van der Waals surface area contributed by atoms with Gasteiger partial charge in [0.15, 0.2) is 5.65 Å². The first-order chi connectivity index (χ1) is 18.0. The number of carbonyl (C=O) groups excluding carboxylic acids is 2. The molecular formula is C27H30ClN7O3. The minimum absolute atomic E-state index is 0.206. The highest BCUT2D eigenvalue weighted by atomic mass is 35.5. The van der Waals surface area contributed by atoms with Crippen molar-refractivity contribution in [1.29, 1.82) is 0 Å². The molecule has 0 aliphatic carbocycles. The van der Waals surface area contributed by atoms with E-state index in [0.29, 0.717) is 16.6 Å². The molecule has 0 spiro atoms. The van der Waals surface area contributed by atoms with Gasteiger partial charge < -0.3 is 15.4 Å². The fraction of sp³-hybridized carbons (Fsp3) is 0.296. The Kier molecular flexibility index (Phi) is 7.82. The summed E-state index contributed by atoms with van der Waals surface area (Å²) in [6.45, 7) is 9.65. The van der Waals surface area contributed by atoms with Gasteiger partial charge in [0, 0.05) is 30.5 Å². The average molecular weight is 536 g/mol. The average Bonchev–Trinajstić information content (AvgIpc) is 3.19. The molecule has 0 bridgehead atoms. The maximum absolute atomic E-state index is 12.5. The third-order valence-corrected chi connectivity index (χ3v) is 5.50. The number of hydrogen-bond acceptors (Lipinski definition) is 6. The number of amides is 3. The second-order valence-corrected chi connectivity index (χ2v) is 10.2. The molecule has 4 rings (SSSR count). The lowest BCUT2D eigenvalue weighted by molar-refractivity contribution is 0.0528. The predicted molar refractivity (Wildman–Crippen MR) is 147 cm³/mol. The normalized spacial score (nSPS) is 11.3. The van der Waals surface area contributed by atoms with Crippen LogP contribution in [0.1, 0.15) is 32.0 Å². The number of urea groups is 1. The Hall–Kier alpha value is -4.18. The molecule has 0 atom stereocenters. The topological polar surface area (TPSA) is 123 Å². The van der Waals surface area contributed by atoms with E-state index in [2.05, 4.69) is 27.0 Å². The van der Waals surface area contributed by atoms with E-state index in [1.807, 2.05) is 38.1 Å². The van der Waals surface area contributed by atoms with Crippen LogP contribution in [0.15, 0.2) is 48.7 Å². The zero-order valence-electron chi connectivity index (χ0n) is 21.9. The molecule has 38 heavy (non-hydrogen) atoms. The SMILES string of the molecule is Cc1cccc(-c2nn3ccc(NC(=O)NCCNC(=O)OC(C)(C)C)nc3c2-c2cc(C)nc(Cl)c2)c1. The number of rotatable bonds is 6. The Balaban J connectivity index is 1.57. The van der Waals surface area contributed by atoms with Crippen molar-refractivity contribution >= 4 is 35.2 Å². The quantitative estimate of drug-likeness (QED) is 0.225. The second-order valence-electron chi connectivity index (χ2n) is 9.80. The summed E-state index contributed by atoms with van der Waals surface area (Å²) in [5.41, 5.74) is 5.07. The lowest BCUT2D eigenvalue weighted by Gasteiger charge is -2.19. The van der Waals surface area contributed by atoms with E-state index in [0.717, 1.165) is 33.6 Å². The Morgan fingerprint density at radius 1 is 1.00 bits per heavy atom. The molecule has 3 heterocycles. The van der Waals surface area contributed by atoms with Crippen LogP contribution in [0.5, 0.6) is 0 Å². The number of aryl methyl sites for hydroxylation is 2. The zero-order chi connectivity index (χ0) is 27.4. The number of halogens is 1. The molecule has 0 aliphatic rings. The van der Waals surface area contributed by atoms with E-state index in [-0.39, 0.29) is 13.1 Å². The van der Waals surface area contributed by atoms with Crippen LogP contribution in [0.4, 0.5) is 15.4 Å². The lowest BCUT2D eigenvalue weighted by atomic mass is 10.0. The van der Waals surface area contributed by atoms with Gasteiger partial charge in [-0.05, 0) is 64.4 Å². The largest absolute Gasteiger partial charge is 0.444 e. The Morgan fingerprint density at radius 2 is 1.76 bits per heavy atom. The van der Waals surface area contributed by atoms with Crippen molar-refractivity contribution in [2.75, 3.05) is 18.4 Å². The van der Waals surface area contributed by atoms with Gasteiger partial charge in [0.25, 0.3) is 0 Å². The zero-order valence-corrected chi connectivity index (χ0v) is 22.7. The molecule has 3 amide bonds. The summed E-state index contributed by atoms with van der Waals surface area (Å²) in [6.07, 6.45) is 1.19. The van der Waals surface area contributed by atoms with Gasteiger partial charge in [-0.3, -0.25) is 5.32 Å². The molecule has 0 aliphatic heterocycles. The maximum Gasteiger partial charge on any atom is 0.407 e. The molecule has 0 saturated heterocycles. The van der Waals surface area contributed by atoms with Crippen LogP contribution in [0, 0.1) is 13.8 Å². The summed E-state index contributed by atoms with van der Waals surface area (Å²) < 4.78 is 6.85. The number of benzene rings is 1. The van der Waals surface area contributed by atoms with Crippen molar-refractivity contribution in [3.8, 4) is 22.4 Å². The summed E-state index contributed by atoms with van der Waals surface area (Å²) in [6, 6.07) is 12.9. The summed E-state index contributed by atoms with van der Waals surface area (Å²) in [5.74, 6) is 0.337. The molecule has 3 aromatic heterocycles. The molecule has 1 aromatic carbocycles. The highest BCUT2D eigenvalue weighted by Crippen LogP contribution is 2.36. The monoisotopic (exact) mass is 535 g/mol. The number of nitrogens with zero attached hydrogens (tertiary/aromatic N) is 4. The number of aromatic nitrogens is 4. The predicted octanol–water partition coefficient (Wildman–Crippen LogP) is 5.37. The highest BCUT2D eigenvalue weighted by Gasteiger charge is 2.20. The van der Waals surface area contributed by atoms with Crippen LogP contribution >= 0.6 is 11.6 Å². The van der Waals surface area contributed by atoms with Crippen LogP contribution in [0.2, 0.25) is 5.15 Å². The van der Waals surface area contributed by atoms with Crippen molar-refractivity contribution < 1.29 is 14.3 Å². The first-order valence-corrected chi connectivity index (χ1v) is 12.5. The van der Waals surface area contributed by atoms with Crippen molar-refractivity contribution in [1.82, 2.24) is 30.2 Å². The Bertz CT molecular complexity index is 1470. The first kappa shape index (κ1) is 26.9.